The van der Waals surface area contributed by atoms with Crippen LogP contribution in [0.25, 0.3) is 0 Å². The van der Waals surface area contributed by atoms with Gasteiger partial charge in [-0.2, -0.15) is 0 Å². The predicted molar refractivity (Wildman–Crippen MR) is 111 cm³/mol. The quantitative estimate of drug-likeness (QED) is 0.646. The van der Waals surface area contributed by atoms with E-state index in [1.165, 1.54) is 11.1 Å². The van der Waals surface area contributed by atoms with Crippen molar-refractivity contribution >= 4 is 23.1 Å². The number of carbonyl (C=O) groups excluding carboxylic acids is 1. The van der Waals surface area contributed by atoms with Crippen LogP contribution in [0.15, 0.2) is 78.9 Å². The highest BCUT2D eigenvalue weighted by Gasteiger charge is 2.32. The van der Waals surface area contributed by atoms with E-state index in [1.807, 2.05) is 64.4 Å². The lowest BCUT2D eigenvalue weighted by molar-refractivity contribution is 0.248. The molecule has 1 fully saturated rings. The van der Waals surface area contributed by atoms with E-state index in [0.29, 0.717) is 13.3 Å². The molecular weight excluding hydrogens is 334 g/mol. The van der Waals surface area contributed by atoms with Gasteiger partial charge in [-0.05, 0) is 50.2 Å². The lowest BCUT2D eigenvalue weighted by Gasteiger charge is -2.43. The largest absolute Gasteiger partial charge is 0.335 e. The molecule has 3 aromatic rings. The number of benzene rings is 3. The third kappa shape index (κ3) is 3.51. The summed E-state index contributed by atoms with van der Waals surface area (Å²) in [6.07, 6.45) is 0. The fourth-order valence-corrected chi connectivity index (χ4v) is 3.29. The second-order valence-electron chi connectivity index (χ2n) is 6.97. The number of carbonyl (C=O) groups is 1. The Labute approximate surface area is 160 Å². The molecule has 0 saturated carbocycles. The first-order valence-corrected chi connectivity index (χ1v) is 9.14. The summed E-state index contributed by atoms with van der Waals surface area (Å²) in [6, 6.07) is 26.4. The summed E-state index contributed by atoms with van der Waals surface area (Å²) in [7, 11) is 0. The van der Waals surface area contributed by atoms with E-state index in [1.54, 1.807) is 0 Å². The molecule has 27 heavy (non-hydrogen) atoms. The number of amides is 2. The van der Waals surface area contributed by atoms with E-state index in [2.05, 4.69) is 43.0 Å². The van der Waals surface area contributed by atoms with Gasteiger partial charge in [-0.1, -0.05) is 53.6 Å². The number of aryl methyl sites for hydroxylation is 2. The van der Waals surface area contributed by atoms with Crippen molar-refractivity contribution < 1.29 is 4.79 Å². The van der Waals surface area contributed by atoms with Gasteiger partial charge in [0, 0.05) is 17.1 Å². The van der Waals surface area contributed by atoms with Crippen molar-refractivity contribution in [3.63, 3.8) is 0 Å². The molecule has 0 spiro atoms. The van der Waals surface area contributed by atoms with Gasteiger partial charge in [0.2, 0.25) is 0 Å². The second kappa shape index (κ2) is 7.16. The lowest BCUT2D eigenvalue weighted by Crippen LogP contribution is -2.59. The van der Waals surface area contributed by atoms with E-state index >= 15 is 0 Å². The summed E-state index contributed by atoms with van der Waals surface area (Å²) in [5.74, 6) is 0. The van der Waals surface area contributed by atoms with Crippen molar-refractivity contribution in [2.24, 2.45) is 0 Å². The number of nitrogens with zero attached hydrogens (tertiary/aromatic N) is 3. The van der Waals surface area contributed by atoms with Gasteiger partial charge in [0.15, 0.2) is 0 Å². The predicted octanol–water partition coefficient (Wildman–Crippen LogP) is 5.17. The Morgan fingerprint density at radius 1 is 0.593 bits per heavy atom. The SMILES string of the molecule is Cc1ccc(N2CN(c3ccccc3)C(=O)N(c3ccc(C)cc3)C2)cc1. The molecule has 0 aliphatic carbocycles. The van der Waals surface area contributed by atoms with Crippen LogP contribution in [-0.4, -0.2) is 19.4 Å². The Hall–Kier alpha value is -3.27. The lowest BCUT2D eigenvalue weighted by atomic mass is 10.2. The highest BCUT2D eigenvalue weighted by atomic mass is 16.2. The Bertz CT molecular complexity index is 920. The average molecular weight is 357 g/mol. The summed E-state index contributed by atoms with van der Waals surface area (Å²) in [5, 5.41) is 0. The molecule has 0 aromatic heterocycles. The van der Waals surface area contributed by atoms with Crippen molar-refractivity contribution in [3.8, 4) is 0 Å². The fraction of sp³-hybridized carbons (Fsp3) is 0.174. The molecule has 1 aliphatic rings. The number of anilines is 3. The van der Waals surface area contributed by atoms with E-state index in [0.717, 1.165) is 17.1 Å². The topological polar surface area (TPSA) is 26.8 Å². The smallest absolute Gasteiger partial charge is 0.331 e. The molecule has 0 N–H and O–H groups in total. The summed E-state index contributed by atoms with van der Waals surface area (Å²) in [6.45, 7) is 5.18. The highest BCUT2D eigenvalue weighted by molar-refractivity contribution is 6.05. The van der Waals surface area contributed by atoms with Gasteiger partial charge in [-0.3, -0.25) is 9.80 Å². The molecule has 0 bridgehead atoms. The third-order valence-corrected chi connectivity index (χ3v) is 4.90. The standard InChI is InChI=1S/C23H23N3O/c1-18-8-12-20(13-9-18)24-16-25(21-6-4-3-5-7-21)23(27)26(17-24)22-14-10-19(2)11-15-22/h3-15H,16-17H2,1-2H3. The molecule has 1 aliphatic heterocycles. The number of para-hydroxylation sites is 1. The van der Waals surface area contributed by atoms with Crippen LogP contribution < -0.4 is 14.7 Å². The van der Waals surface area contributed by atoms with Crippen LogP contribution in [0, 0.1) is 13.8 Å². The summed E-state index contributed by atoms with van der Waals surface area (Å²) in [5.41, 5.74) is 5.31. The average Bonchev–Trinajstić information content (AvgIpc) is 2.70. The number of hydrogen-bond acceptors (Lipinski definition) is 2. The zero-order chi connectivity index (χ0) is 18.8. The van der Waals surface area contributed by atoms with Gasteiger partial charge in [-0.15, -0.1) is 0 Å². The number of urea groups is 1. The van der Waals surface area contributed by atoms with E-state index in [9.17, 15) is 4.79 Å². The molecule has 1 heterocycles. The molecule has 2 amide bonds. The molecule has 4 heteroatoms. The van der Waals surface area contributed by atoms with Crippen LogP contribution in [-0.2, 0) is 0 Å². The fourth-order valence-electron chi connectivity index (χ4n) is 3.29. The van der Waals surface area contributed by atoms with Crippen molar-refractivity contribution in [2.45, 2.75) is 13.8 Å². The Morgan fingerprint density at radius 3 is 1.56 bits per heavy atom. The van der Waals surface area contributed by atoms with Crippen LogP contribution in [0.3, 0.4) is 0 Å². The summed E-state index contributed by atoms with van der Waals surface area (Å²) in [4.78, 5) is 19.1. The molecule has 0 atom stereocenters. The Kier molecular flexibility index (Phi) is 4.55. The first kappa shape index (κ1) is 17.2. The zero-order valence-electron chi connectivity index (χ0n) is 15.7. The van der Waals surface area contributed by atoms with E-state index in [4.69, 9.17) is 0 Å². The summed E-state index contributed by atoms with van der Waals surface area (Å²) >= 11 is 0. The maximum atomic E-state index is 13.3. The molecule has 1 saturated heterocycles. The normalized spacial score (nSPS) is 14.6. The molecule has 136 valence electrons. The molecule has 3 aromatic carbocycles. The highest BCUT2D eigenvalue weighted by Crippen LogP contribution is 2.28. The maximum absolute atomic E-state index is 13.3. The second-order valence-corrected chi connectivity index (χ2v) is 6.97. The maximum Gasteiger partial charge on any atom is 0.331 e. The molecule has 4 rings (SSSR count). The Balaban J connectivity index is 1.72. The summed E-state index contributed by atoms with van der Waals surface area (Å²) < 4.78 is 0. The molecular formula is C23H23N3O. The Morgan fingerprint density at radius 2 is 1.04 bits per heavy atom. The zero-order valence-corrected chi connectivity index (χ0v) is 15.7. The van der Waals surface area contributed by atoms with Gasteiger partial charge < -0.3 is 4.90 Å². The first-order chi connectivity index (χ1) is 13.1. The molecule has 0 unspecified atom stereocenters. The van der Waals surface area contributed by atoms with Crippen molar-refractivity contribution in [2.75, 3.05) is 28.0 Å². The van der Waals surface area contributed by atoms with Crippen LogP contribution in [0.4, 0.5) is 21.9 Å². The van der Waals surface area contributed by atoms with Crippen LogP contribution >= 0.6 is 0 Å². The first-order valence-electron chi connectivity index (χ1n) is 9.14. The van der Waals surface area contributed by atoms with Crippen molar-refractivity contribution in [3.05, 3.63) is 90.0 Å². The van der Waals surface area contributed by atoms with Crippen LogP contribution in [0.1, 0.15) is 11.1 Å². The number of hydrogen-bond donors (Lipinski definition) is 0. The van der Waals surface area contributed by atoms with Gasteiger partial charge in [0.05, 0.1) is 0 Å². The van der Waals surface area contributed by atoms with Crippen LogP contribution in [0.5, 0.6) is 0 Å². The monoisotopic (exact) mass is 357 g/mol. The molecule has 4 nitrogen and oxygen atoms in total. The van der Waals surface area contributed by atoms with Gasteiger partial charge in [0.25, 0.3) is 0 Å². The van der Waals surface area contributed by atoms with Crippen molar-refractivity contribution in [1.82, 2.24) is 0 Å². The minimum Gasteiger partial charge on any atom is -0.335 e. The van der Waals surface area contributed by atoms with Gasteiger partial charge in [0.1, 0.15) is 13.3 Å². The minimum atomic E-state index is -0.00610. The van der Waals surface area contributed by atoms with E-state index in [-0.39, 0.29) is 6.03 Å². The van der Waals surface area contributed by atoms with Crippen LogP contribution in [0.2, 0.25) is 0 Å². The number of rotatable bonds is 3. The van der Waals surface area contributed by atoms with Crippen molar-refractivity contribution in [1.29, 1.82) is 0 Å². The van der Waals surface area contributed by atoms with E-state index < -0.39 is 0 Å². The molecule has 0 radical (unpaired) electrons. The van der Waals surface area contributed by atoms with Gasteiger partial charge >= 0.3 is 6.03 Å². The third-order valence-electron chi connectivity index (χ3n) is 4.90. The minimum absolute atomic E-state index is 0.00610. The van der Waals surface area contributed by atoms with Gasteiger partial charge in [-0.25, -0.2) is 4.79 Å².